The van der Waals surface area contributed by atoms with Crippen LogP contribution in [0.5, 0.6) is 0 Å². The van der Waals surface area contributed by atoms with E-state index < -0.39 is 6.10 Å². The van der Waals surface area contributed by atoms with E-state index in [2.05, 4.69) is 5.32 Å². The summed E-state index contributed by atoms with van der Waals surface area (Å²) < 4.78 is 6.47. The van der Waals surface area contributed by atoms with E-state index in [-0.39, 0.29) is 12.5 Å². The summed E-state index contributed by atoms with van der Waals surface area (Å²) in [6, 6.07) is 13.6. The quantitative estimate of drug-likeness (QED) is 0.703. The first kappa shape index (κ1) is 15.5. The zero-order chi connectivity index (χ0) is 16.2. The second-order valence-corrected chi connectivity index (χ2v) is 6.34. The third-order valence-corrected chi connectivity index (χ3v) is 4.62. The van der Waals surface area contributed by atoms with Crippen molar-refractivity contribution in [1.82, 2.24) is 5.32 Å². The summed E-state index contributed by atoms with van der Waals surface area (Å²) >= 11 is 1.54. The predicted octanol–water partition coefficient (Wildman–Crippen LogP) is 3.67. The normalized spacial score (nSPS) is 12.8. The maximum Gasteiger partial charge on any atom is 0.244 e. The first-order chi connectivity index (χ1) is 11.1. The Morgan fingerprint density at radius 1 is 1.35 bits per heavy atom. The lowest BCUT2D eigenvalue weighted by Gasteiger charge is -2.08. The smallest absolute Gasteiger partial charge is 0.244 e. The Labute approximate surface area is 138 Å². The van der Waals surface area contributed by atoms with Crippen LogP contribution in [0.15, 0.2) is 53.0 Å². The van der Waals surface area contributed by atoms with Crippen LogP contribution in [0.3, 0.4) is 0 Å². The van der Waals surface area contributed by atoms with E-state index in [1.165, 1.54) is 17.4 Å². The summed E-state index contributed by atoms with van der Waals surface area (Å²) in [5, 5.41) is 14.0. The molecule has 1 unspecified atom stereocenters. The van der Waals surface area contributed by atoms with E-state index >= 15 is 0 Å². The van der Waals surface area contributed by atoms with Crippen LogP contribution in [0, 0.1) is 6.92 Å². The molecule has 0 aliphatic rings. The van der Waals surface area contributed by atoms with E-state index in [1.54, 1.807) is 12.1 Å². The minimum absolute atomic E-state index is 0.174. The molecule has 0 fully saturated rings. The highest BCUT2D eigenvalue weighted by Gasteiger charge is 2.12. The number of amides is 1. The topological polar surface area (TPSA) is 62.5 Å². The van der Waals surface area contributed by atoms with Gasteiger partial charge in [0.1, 0.15) is 17.6 Å². The fourth-order valence-corrected chi connectivity index (χ4v) is 3.27. The summed E-state index contributed by atoms with van der Waals surface area (Å²) in [6.45, 7) is 2.02. The van der Waals surface area contributed by atoms with Gasteiger partial charge in [0.2, 0.25) is 5.91 Å². The van der Waals surface area contributed by atoms with Gasteiger partial charge in [-0.2, -0.15) is 0 Å². The van der Waals surface area contributed by atoms with Crippen LogP contribution in [-0.2, 0) is 4.79 Å². The van der Waals surface area contributed by atoms with Gasteiger partial charge in [0, 0.05) is 22.2 Å². The van der Waals surface area contributed by atoms with Gasteiger partial charge in [0.05, 0.1) is 0 Å². The Bertz CT molecular complexity index is 814. The maximum absolute atomic E-state index is 11.8. The molecule has 2 N–H and O–H groups in total. The predicted molar refractivity (Wildman–Crippen MR) is 92.3 cm³/mol. The number of thiophene rings is 1. The fourth-order valence-electron chi connectivity index (χ4n) is 2.22. The molecule has 0 radical (unpaired) electrons. The standard InChI is InChI=1S/C18H17NO3S/c1-12-6-7-14(22-12)8-9-18(21)19-11-15(20)17-10-13-4-2-3-5-16(13)23-17/h2-10,15,20H,11H2,1H3,(H,19,21)/b9-8+. The van der Waals surface area contributed by atoms with Crippen molar-refractivity contribution in [3.8, 4) is 0 Å². The van der Waals surface area contributed by atoms with Gasteiger partial charge < -0.3 is 14.8 Å². The molecule has 2 aromatic heterocycles. The Morgan fingerprint density at radius 3 is 2.91 bits per heavy atom. The van der Waals surface area contributed by atoms with Crippen molar-refractivity contribution in [2.24, 2.45) is 0 Å². The van der Waals surface area contributed by atoms with E-state index in [0.29, 0.717) is 5.76 Å². The number of aliphatic hydroxyl groups is 1. The molecule has 1 aromatic carbocycles. The Kier molecular flexibility index (Phi) is 4.60. The van der Waals surface area contributed by atoms with Crippen molar-refractivity contribution in [1.29, 1.82) is 0 Å². The summed E-state index contributed by atoms with van der Waals surface area (Å²) in [4.78, 5) is 12.6. The molecule has 0 aliphatic heterocycles. The van der Waals surface area contributed by atoms with Gasteiger partial charge in [-0.05, 0) is 42.7 Å². The van der Waals surface area contributed by atoms with Crippen molar-refractivity contribution >= 4 is 33.4 Å². The highest BCUT2D eigenvalue weighted by molar-refractivity contribution is 7.19. The molecule has 1 atom stereocenters. The molecular weight excluding hydrogens is 310 g/mol. The molecule has 2 heterocycles. The lowest BCUT2D eigenvalue weighted by molar-refractivity contribution is -0.116. The minimum atomic E-state index is -0.712. The van der Waals surface area contributed by atoms with Gasteiger partial charge in [-0.25, -0.2) is 0 Å². The number of hydrogen-bond acceptors (Lipinski definition) is 4. The Balaban J connectivity index is 1.56. The summed E-state index contributed by atoms with van der Waals surface area (Å²) in [7, 11) is 0. The van der Waals surface area contributed by atoms with Gasteiger partial charge in [-0.3, -0.25) is 4.79 Å². The number of furan rings is 1. The third-order valence-electron chi connectivity index (χ3n) is 3.40. The average molecular weight is 327 g/mol. The van der Waals surface area contributed by atoms with Crippen LogP contribution >= 0.6 is 11.3 Å². The molecule has 118 valence electrons. The van der Waals surface area contributed by atoms with Crippen LogP contribution in [0.25, 0.3) is 16.2 Å². The van der Waals surface area contributed by atoms with Crippen molar-refractivity contribution in [3.63, 3.8) is 0 Å². The first-order valence-corrected chi connectivity index (χ1v) is 8.12. The monoisotopic (exact) mass is 327 g/mol. The van der Waals surface area contributed by atoms with E-state index in [1.807, 2.05) is 43.3 Å². The van der Waals surface area contributed by atoms with Crippen LogP contribution in [0.1, 0.15) is 22.5 Å². The van der Waals surface area contributed by atoms with Gasteiger partial charge in [-0.1, -0.05) is 18.2 Å². The number of benzene rings is 1. The molecule has 3 rings (SSSR count). The highest BCUT2D eigenvalue weighted by atomic mass is 32.1. The molecule has 1 amide bonds. The second kappa shape index (κ2) is 6.81. The van der Waals surface area contributed by atoms with E-state index in [9.17, 15) is 9.90 Å². The fraction of sp³-hybridized carbons (Fsp3) is 0.167. The molecule has 5 heteroatoms. The lowest BCUT2D eigenvalue weighted by atomic mass is 10.2. The van der Waals surface area contributed by atoms with Crippen molar-refractivity contribution in [3.05, 3.63) is 64.9 Å². The molecular formula is C18H17NO3S. The first-order valence-electron chi connectivity index (χ1n) is 7.31. The Morgan fingerprint density at radius 2 is 2.17 bits per heavy atom. The van der Waals surface area contributed by atoms with Crippen LogP contribution in [-0.4, -0.2) is 17.6 Å². The summed E-state index contributed by atoms with van der Waals surface area (Å²) in [5.74, 6) is 1.16. The minimum Gasteiger partial charge on any atom is -0.462 e. The zero-order valence-electron chi connectivity index (χ0n) is 12.7. The van der Waals surface area contributed by atoms with E-state index in [4.69, 9.17) is 4.42 Å². The SMILES string of the molecule is Cc1ccc(/C=C/C(=O)NCC(O)c2cc3ccccc3s2)o1. The van der Waals surface area contributed by atoms with Gasteiger partial charge in [0.25, 0.3) is 0 Å². The van der Waals surface area contributed by atoms with Gasteiger partial charge >= 0.3 is 0 Å². The molecule has 0 bridgehead atoms. The van der Waals surface area contributed by atoms with Gasteiger partial charge in [0.15, 0.2) is 0 Å². The molecule has 23 heavy (non-hydrogen) atoms. The second-order valence-electron chi connectivity index (χ2n) is 5.23. The number of fused-ring (bicyclic) bond motifs is 1. The van der Waals surface area contributed by atoms with E-state index in [0.717, 1.165) is 20.7 Å². The van der Waals surface area contributed by atoms with Crippen molar-refractivity contribution < 1.29 is 14.3 Å². The van der Waals surface area contributed by atoms with Gasteiger partial charge in [-0.15, -0.1) is 11.3 Å². The number of rotatable bonds is 5. The highest BCUT2D eigenvalue weighted by Crippen LogP contribution is 2.29. The molecule has 0 aliphatic carbocycles. The number of nitrogens with one attached hydrogen (secondary N) is 1. The molecule has 0 saturated heterocycles. The molecule has 3 aromatic rings. The Hall–Kier alpha value is -2.37. The van der Waals surface area contributed by atoms with Crippen LogP contribution in [0.2, 0.25) is 0 Å². The summed E-state index contributed by atoms with van der Waals surface area (Å²) in [5.41, 5.74) is 0. The third kappa shape index (κ3) is 3.88. The average Bonchev–Trinajstić information content (AvgIpc) is 3.16. The van der Waals surface area contributed by atoms with Crippen LogP contribution in [0.4, 0.5) is 0 Å². The largest absolute Gasteiger partial charge is 0.462 e. The zero-order valence-corrected chi connectivity index (χ0v) is 13.5. The number of carbonyl (C=O) groups is 1. The lowest BCUT2D eigenvalue weighted by Crippen LogP contribution is -2.26. The molecule has 0 spiro atoms. The van der Waals surface area contributed by atoms with Crippen molar-refractivity contribution in [2.45, 2.75) is 13.0 Å². The number of aryl methyl sites for hydroxylation is 1. The number of carbonyl (C=O) groups excluding carboxylic acids is 1. The molecule has 4 nitrogen and oxygen atoms in total. The maximum atomic E-state index is 11.8. The number of hydrogen-bond donors (Lipinski definition) is 2. The molecule has 0 saturated carbocycles. The number of aliphatic hydroxyl groups excluding tert-OH is 1. The van der Waals surface area contributed by atoms with Crippen molar-refractivity contribution in [2.75, 3.05) is 6.54 Å². The summed E-state index contributed by atoms with van der Waals surface area (Å²) in [6.07, 6.45) is 2.29. The van der Waals surface area contributed by atoms with Crippen LogP contribution < -0.4 is 5.32 Å².